The molecular weight excluding hydrogens is 737 g/mol. The van der Waals surface area contributed by atoms with Gasteiger partial charge in [0.15, 0.2) is 0 Å². The van der Waals surface area contributed by atoms with Gasteiger partial charge in [-0.1, -0.05) is 103 Å². The highest BCUT2D eigenvalue weighted by Gasteiger charge is 2.41. The van der Waals surface area contributed by atoms with Gasteiger partial charge in [0.25, 0.3) is 0 Å². The predicted octanol–water partition coefficient (Wildman–Crippen LogP) is 13.2. The first kappa shape index (κ1) is 32.1. The van der Waals surface area contributed by atoms with Crippen LogP contribution in [0.5, 0.6) is 17.2 Å². The Bertz CT molecular complexity index is 3760. The average molecular weight is 768 g/mol. The topological polar surface area (TPSA) is 49.7 Å². The third-order valence-electron chi connectivity index (χ3n) is 12.7. The molecule has 0 saturated heterocycles. The third kappa shape index (κ3) is 4.42. The molecule has 60 heavy (non-hydrogen) atoms. The molecule has 0 aliphatic carbocycles. The van der Waals surface area contributed by atoms with Crippen LogP contribution in [0.2, 0.25) is 0 Å². The van der Waals surface area contributed by atoms with Crippen LogP contribution >= 0.6 is 0 Å². The van der Waals surface area contributed by atoms with Gasteiger partial charge in [-0.05, 0) is 107 Å². The minimum atomic E-state index is -0.340. The largest absolute Gasteiger partial charge is 0.551 e. The first-order chi connectivity index (χ1) is 29.7. The van der Waals surface area contributed by atoms with E-state index in [0.717, 1.165) is 111 Å². The van der Waals surface area contributed by atoms with Crippen molar-refractivity contribution < 1.29 is 18.2 Å². The second-order valence-corrected chi connectivity index (χ2v) is 15.9. The average Bonchev–Trinajstić information content (AvgIpc) is 3.98. The summed E-state index contributed by atoms with van der Waals surface area (Å²) in [6, 6.07) is 64.1. The Hall–Kier alpha value is -7.96. The van der Waals surface area contributed by atoms with Crippen molar-refractivity contribution in [1.29, 1.82) is 0 Å². The lowest BCUT2D eigenvalue weighted by atomic mass is 9.50. The van der Waals surface area contributed by atoms with E-state index >= 15 is 0 Å². The van der Waals surface area contributed by atoms with Crippen molar-refractivity contribution in [3.8, 4) is 56.3 Å². The van der Waals surface area contributed by atoms with Crippen LogP contribution in [0.25, 0.3) is 105 Å². The van der Waals surface area contributed by atoms with Crippen LogP contribution in [0.4, 0.5) is 0 Å². The van der Waals surface area contributed by atoms with E-state index < -0.39 is 0 Å². The standard InChI is InChI=1S/C54H30BNO4/c1-5-16-44-36(12-1)37-13-2-6-17-45(37)56(44)35-11-9-10-31(26-35)32-21-24-48-43(28-32)55-53-42(38-14-3-8-19-47(38)60-55)27-34(30-51(53)58-48)33-20-22-39-40-23-25-49-52(54(40)59-50(39)29-33)41-15-4-7-18-46(41)57-49/h1-30H. The van der Waals surface area contributed by atoms with E-state index in [1.807, 2.05) is 30.3 Å². The van der Waals surface area contributed by atoms with Crippen LogP contribution in [0.1, 0.15) is 0 Å². The molecule has 3 aromatic heterocycles. The van der Waals surface area contributed by atoms with E-state index in [1.54, 1.807) is 0 Å². The Kier molecular flexibility index (Phi) is 6.31. The first-order valence-corrected chi connectivity index (χ1v) is 20.3. The van der Waals surface area contributed by atoms with Crippen molar-refractivity contribution in [2.45, 2.75) is 0 Å². The quantitative estimate of drug-likeness (QED) is 0.168. The molecule has 0 bridgehead atoms. The molecule has 0 N–H and O–H groups in total. The second kappa shape index (κ2) is 11.8. The smallest absolute Gasteiger partial charge is 0.434 e. The van der Waals surface area contributed by atoms with Crippen molar-refractivity contribution in [2.24, 2.45) is 0 Å². The fourth-order valence-electron chi connectivity index (χ4n) is 9.96. The SMILES string of the molecule is c1cc(-c2ccc3c(c2)B2Oc4ccccc4-c4cc(-c5ccc6c(c5)oc5c6ccc6oc7ccccc7c65)cc(c42)O3)cc(-n2c3ccccc3c3ccccc32)c1. The van der Waals surface area contributed by atoms with Crippen LogP contribution in [0.15, 0.2) is 191 Å². The van der Waals surface area contributed by atoms with Gasteiger partial charge in [0.1, 0.15) is 39.6 Å². The van der Waals surface area contributed by atoms with Gasteiger partial charge in [0.05, 0.1) is 16.4 Å². The monoisotopic (exact) mass is 767 g/mol. The zero-order chi connectivity index (χ0) is 39.1. The summed E-state index contributed by atoms with van der Waals surface area (Å²) in [5.74, 6) is 2.45. The zero-order valence-electron chi connectivity index (χ0n) is 32.0. The van der Waals surface area contributed by atoms with Crippen molar-refractivity contribution >= 4 is 83.5 Å². The summed E-state index contributed by atoms with van der Waals surface area (Å²) >= 11 is 0. The minimum Gasteiger partial charge on any atom is -0.551 e. The number of hydrogen-bond acceptors (Lipinski definition) is 4. The maximum absolute atomic E-state index is 6.93. The third-order valence-corrected chi connectivity index (χ3v) is 12.7. The summed E-state index contributed by atoms with van der Waals surface area (Å²) in [4.78, 5) is 0. The van der Waals surface area contributed by atoms with Crippen molar-refractivity contribution in [2.75, 3.05) is 0 Å². The fraction of sp³-hybridized carbons (Fsp3) is 0. The lowest BCUT2D eigenvalue weighted by molar-refractivity contribution is 0.479. The Morgan fingerprint density at radius 1 is 0.400 bits per heavy atom. The van der Waals surface area contributed by atoms with Crippen LogP contribution in [0.3, 0.4) is 0 Å². The van der Waals surface area contributed by atoms with E-state index in [2.05, 4.69) is 156 Å². The van der Waals surface area contributed by atoms with Crippen LogP contribution in [-0.4, -0.2) is 11.5 Å². The van der Waals surface area contributed by atoms with Gasteiger partial charge >= 0.3 is 6.92 Å². The van der Waals surface area contributed by atoms with Crippen molar-refractivity contribution in [1.82, 2.24) is 4.57 Å². The molecule has 14 rings (SSSR count). The van der Waals surface area contributed by atoms with Gasteiger partial charge in [0, 0.05) is 49.1 Å². The maximum atomic E-state index is 6.93. The Morgan fingerprint density at radius 2 is 1.13 bits per heavy atom. The molecule has 0 fully saturated rings. The summed E-state index contributed by atoms with van der Waals surface area (Å²) in [6.07, 6.45) is 0. The number of aromatic nitrogens is 1. The van der Waals surface area contributed by atoms with E-state index in [9.17, 15) is 0 Å². The van der Waals surface area contributed by atoms with Gasteiger partial charge in [-0.2, -0.15) is 0 Å². The number of furan rings is 2. The molecule has 5 heterocycles. The molecule has 278 valence electrons. The number of nitrogens with zero attached hydrogens (tertiary/aromatic N) is 1. The number of benzene rings is 9. The van der Waals surface area contributed by atoms with Crippen molar-refractivity contribution in [3.63, 3.8) is 0 Å². The highest BCUT2D eigenvalue weighted by atomic mass is 16.5. The Balaban J connectivity index is 0.889. The zero-order valence-corrected chi connectivity index (χ0v) is 32.0. The van der Waals surface area contributed by atoms with Gasteiger partial charge < -0.3 is 22.8 Å². The first-order valence-electron chi connectivity index (χ1n) is 20.3. The number of para-hydroxylation sites is 4. The molecule has 2 aliphatic rings. The predicted molar refractivity (Wildman–Crippen MR) is 244 cm³/mol. The summed E-state index contributed by atoms with van der Waals surface area (Å²) < 4.78 is 29.0. The number of hydrogen-bond donors (Lipinski definition) is 0. The summed E-state index contributed by atoms with van der Waals surface area (Å²) in [5.41, 5.74) is 15.4. The maximum Gasteiger partial charge on any atom is 0.434 e. The van der Waals surface area contributed by atoms with Gasteiger partial charge in [-0.25, -0.2) is 0 Å². The summed E-state index contributed by atoms with van der Waals surface area (Å²) in [5, 5.41) is 6.70. The van der Waals surface area contributed by atoms with E-state index in [1.165, 1.54) is 21.8 Å². The lowest BCUT2D eigenvalue weighted by Crippen LogP contribution is -2.53. The second-order valence-electron chi connectivity index (χ2n) is 15.9. The van der Waals surface area contributed by atoms with Gasteiger partial charge in [0.2, 0.25) is 0 Å². The Morgan fingerprint density at radius 3 is 2.02 bits per heavy atom. The lowest BCUT2D eigenvalue weighted by Gasteiger charge is -2.33. The number of ether oxygens (including phenoxy) is 1. The Labute approximate surface area is 343 Å². The summed E-state index contributed by atoms with van der Waals surface area (Å²) in [7, 11) is 0. The van der Waals surface area contributed by atoms with Gasteiger partial charge in [-0.15, -0.1) is 0 Å². The normalized spacial score (nSPS) is 12.9. The van der Waals surface area contributed by atoms with Crippen LogP contribution in [0, 0.1) is 0 Å². The van der Waals surface area contributed by atoms with Crippen molar-refractivity contribution in [3.05, 3.63) is 182 Å². The summed E-state index contributed by atoms with van der Waals surface area (Å²) in [6.45, 7) is -0.340. The molecule has 0 atom stereocenters. The van der Waals surface area contributed by atoms with Crippen LogP contribution < -0.4 is 20.3 Å². The molecule has 0 saturated carbocycles. The molecular formula is C54H30BNO4. The molecule has 2 aliphatic heterocycles. The molecule has 0 unspecified atom stereocenters. The minimum absolute atomic E-state index is 0.340. The van der Waals surface area contributed by atoms with Gasteiger partial charge in [-0.3, -0.25) is 0 Å². The van der Waals surface area contributed by atoms with E-state index in [4.69, 9.17) is 18.2 Å². The molecule has 0 spiro atoms. The molecule has 5 nitrogen and oxygen atoms in total. The number of rotatable bonds is 3. The molecule has 9 aromatic carbocycles. The molecule has 12 aromatic rings. The number of fused-ring (bicyclic) bond motifs is 14. The fourth-order valence-corrected chi connectivity index (χ4v) is 9.96. The highest BCUT2D eigenvalue weighted by molar-refractivity contribution is 6.84. The highest BCUT2D eigenvalue weighted by Crippen LogP contribution is 2.44. The van der Waals surface area contributed by atoms with E-state index in [-0.39, 0.29) is 6.92 Å². The molecule has 6 heteroatoms. The molecule has 0 radical (unpaired) electrons. The van der Waals surface area contributed by atoms with Crippen LogP contribution in [-0.2, 0) is 0 Å². The van der Waals surface area contributed by atoms with E-state index in [0.29, 0.717) is 0 Å². The molecule has 0 amide bonds.